The van der Waals surface area contributed by atoms with Crippen LogP contribution in [0.5, 0.6) is 0 Å². The van der Waals surface area contributed by atoms with Gasteiger partial charge >= 0.3 is 0 Å². The van der Waals surface area contributed by atoms with Crippen molar-refractivity contribution in [1.29, 1.82) is 0 Å². The van der Waals surface area contributed by atoms with E-state index in [9.17, 15) is 4.79 Å². The highest BCUT2D eigenvalue weighted by molar-refractivity contribution is 7.98. The Kier molecular flexibility index (Phi) is 3.19. The summed E-state index contributed by atoms with van der Waals surface area (Å²) in [5.74, 6) is 0.816. The third-order valence-electron chi connectivity index (χ3n) is 2.60. The molecular formula is C12H14N2OS. The average Bonchev–Trinajstić information content (AvgIpc) is 2.56. The topological polar surface area (TPSA) is 26.9 Å². The second-order valence-electron chi connectivity index (χ2n) is 3.62. The zero-order valence-corrected chi connectivity index (χ0v) is 10.2. The van der Waals surface area contributed by atoms with E-state index in [-0.39, 0.29) is 5.56 Å². The fraction of sp³-hybridized carbons (Fsp3) is 0.250. The van der Waals surface area contributed by atoms with Crippen molar-refractivity contribution >= 4 is 11.8 Å². The lowest BCUT2D eigenvalue weighted by molar-refractivity contribution is 0.565. The first-order valence-corrected chi connectivity index (χ1v) is 6.07. The molecule has 0 bridgehead atoms. The maximum absolute atomic E-state index is 11.4. The summed E-state index contributed by atoms with van der Waals surface area (Å²) < 4.78 is 3.50. The molecule has 2 rings (SSSR count). The van der Waals surface area contributed by atoms with Gasteiger partial charge in [-0.1, -0.05) is 18.2 Å². The highest BCUT2D eigenvalue weighted by Gasteiger charge is 2.04. The van der Waals surface area contributed by atoms with Gasteiger partial charge in [0.15, 0.2) is 0 Å². The van der Waals surface area contributed by atoms with Gasteiger partial charge in [0.25, 0.3) is 5.56 Å². The van der Waals surface area contributed by atoms with Gasteiger partial charge in [0.2, 0.25) is 0 Å². The average molecular weight is 234 g/mol. The molecule has 1 heterocycles. The predicted octanol–water partition coefficient (Wildman–Crippen LogP) is 2.02. The lowest BCUT2D eigenvalue weighted by Crippen LogP contribution is -2.16. The molecule has 2 aromatic rings. The summed E-state index contributed by atoms with van der Waals surface area (Å²) in [7, 11) is 3.68. The van der Waals surface area contributed by atoms with Crippen molar-refractivity contribution in [2.24, 2.45) is 14.1 Å². The summed E-state index contributed by atoms with van der Waals surface area (Å²) in [5, 5.41) is 0. The molecule has 0 amide bonds. The van der Waals surface area contributed by atoms with E-state index in [0.29, 0.717) is 0 Å². The molecule has 0 radical (unpaired) electrons. The molecule has 0 aliphatic heterocycles. The lowest BCUT2D eigenvalue weighted by atomic mass is 10.4. The van der Waals surface area contributed by atoms with Gasteiger partial charge in [-0.05, 0) is 12.1 Å². The van der Waals surface area contributed by atoms with Gasteiger partial charge < -0.3 is 0 Å². The van der Waals surface area contributed by atoms with E-state index in [1.165, 1.54) is 4.90 Å². The molecule has 16 heavy (non-hydrogen) atoms. The van der Waals surface area contributed by atoms with Crippen LogP contribution in [0.1, 0.15) is 5.69 Å². The van der Waals surface area contributed by atoms with Crippen molar-refractivity contribution in [1.82, 2.24) is 9.36 Å². The predicted molar refractivity (Wildman–Crippen MR) is 66.7 cm³/mol. The summed E-state index contributed by atoms with van der Waals surface area (Å²) in [6.45, 7) is 0. The molecule has 0 aliphatic rings. The number of benzene rings is 1. The van der Waals surface area contributed by atoms with Crippen LogP contribution in [0.25, 0.3) is 0 Å². The van der Waals surface area contributed by atoms with E-state index in [0.717, 1.165) is 11.4 Å². The third-order valence-corrected chi connectivity index (χ3v) is 3.65. The number of aromatic nitrogens is 2. The van der Waals surface area contributed by atoms with Crippen LogP contribution in [0.3, 0.4) is 0 Å². The highest BCUT2D eigenvalue weighted by Crippen LogP contribution is 2.21. The molecule has 4 heteroatoms. The molecular weight excluding hydrogens is 220 g/mol. The lowest BCUT2D eigenvalue weighted by Gasteiger charge is -2.05. The molecule has 84 valence electrons. The Labute approximate surface area is 98.7 Å². The molecule has 0 unspecified atom stereocenters. The highest BCUT2D eigenvalue weighted by atomic mass is 32.2. The summed E-state index contributed by atoms with van der Waals surface area (Å²) in [5.41, 5.74) is 1.09. The van der Waals surface area contributed by atoms with Crippen molar-refractivity contribution in [2.75, 3.05) is 0 Å². The SMILES string of the molecule is Cn1c(CSc2ccccc2)cc(=O)n1C. The second-order valence-corrected chi connectivity index (χ2v) is 4.67. The molecule has 0 atom stereocenters. The van der Waals surface area contributed by atoms with Crippen molar-refractivity contribution in [3.63, 3.8) is 0 Å². The number of rotatable bonds is 3. The van der Waals surface area contributed by atoms with Crippen molar-refractivity contribution in [3.8, 4) is 0 Å². The number of thioether (sulfide) groups is 1. The van der Waals surface area contributed by atoms with Crippen LogP contribution in [0, 0.1) is 0 Å². The largest absolute Gasteiger partial charge is 0.289 e. The molecule has 3 nitrogen and oxygen atoms in total. The van der Waals surface area contributed by atoms with Gasteiger partial charge in [0, 0.05) is 30.8 Å². The third kappa shape index (κ3) is 2.22. The normalized spacial score (nSPS) is 10.6. The van der Waals surface area contributed by atoms with Crippen LogP contribution < -0.4 is 5.56 Å². The van der Waals surface area contributed by atoms with Gasteiger partial charge in [-0.2, -0.15) is 0 Å². The Morgan fingerprint density at radius 2 is 1.81 bits per heavy atom. The minimum absolute atomic E-state index is 0.0474. The number of nitrogens with zero attached hydrogens (tertiary/aromatic N) is 2. The fourth-order valence-electron chi connectivity index (χ4n) is 1.48. The first-order chi connectivity index (χ1) is 7.68. The van der Waals surface area contributed by atoms with Crippen molar-refractivity contribution in [3.05, 3.63) is 52.4 Å². The van der Waals surface area contributed by atoms with E-state index >= 15 is 0 Å². The van der Waals surface area contributed by atoms with Crippen molar-refractivity contribution in [2.45, 2.75) is 10.6 Å². The quantitative estimate of drug-likeness (QED) is 0.760. The Morgan fingerprint density at radius 3 is 2.38 bits per heavy atom. The molecule has 0 fully saturated rings. The zero-order valence-electron chi connectivity index (χ0n) is 9.38. The van der Waals surface area contributed by atoms with Gasteiger partial charge in [-0.3, -0.25) is 14.2 Å². The van der Waals surface area contributed by atoms with Crippen molar-refractivity contribution < 1.29 is 0 Å². The van der Waals surface area contributed by atoms with Gasteiger partial charge in [0.05, 0.1) is 5.69 Å². The molecule has 1 aromatic carbocycles. The first kappa shape index (κ1) is 11.1. The maximum atomic E-state index is 11.4. The van der Waals surface area contributed by atoms with Crippen LogP contribution in [0.2, 0.25) is 0 Å². The molecule has 0 saturated heterocycles. The summed E-state index contributed by atoms with van der Waals surface area (Å²) >= 11 is 1.74. The minimum atomic E-state index is 0.0474. The summed E-state index contributed by atoms with van der Waals surface area (Å²) in [6.07, 6.45) is 0. The van der Waals surface area contributed by atoms with Gasteiger partial charge in [0.1, 0.15) is 0 Å². The Morgan fingerprint density at radius 1 is 1.12 bits per heavy atom. The first-order valence-electron chi connectivity index (χ1n) is 5.08. The molecule has 1 aromatic heterocycles. The van der Waals surface area contributed by atoms with E-state index in [1.807, 2.05) is 29.9 Å². The van der Waals surface area contributed by atoms with E-state index < -0.39 is 0 Å². The molecule has 0 aliphatic carbocycles. The molecule has 0 N–H and O–H groups in total. The summed E-state index contributed by atoms with van der Waals surface area (Å²) in [4.78, 5) is 12.6. The van der Waals surface area contributed by atoms with Gasteiger partial charge in [-0.25, -0.2) is 0 Å². The monoisotopic (exact) mass is 234 g/mol. The standard InChI is InChI=1S/C12H14N2OS/c1-13-10(8-12(15)14(13)2)9-16-11-6-4-3-5-7-11/h3-8H,9H2,1-2H3. The smallest absolute Gasteiger partial charge is 0.266 e. The second kappa shape index (κ2) is 4.61. The Bertz CT molecular complexity index is 528. The Hall–Kier alpha value is -1.42. The molecule has 0 spiro atoms. The Balaban J connectivity index is 2.11. The van der Waals surface area contributed by atoms with E-state index in [2.05, 4.69) is 12.1 Å². The maximum Gasteiger partial charge on any atom is 0.266 e. The zero-order chi connectivity index (χ0) is 11.5. The van der Waals surface area contributed by atoms with Crippen LogP contribution in [-0.2, 0) is 19.8 Å². The summed E-state index contributed by atoms with van der Waals surface area (Å²) in [6, 6.07) is 11.9. The van der Waals surface area contributed by atoms with Gasteiger partial charge in [-0.15, -0.1) is 11.8 Å². The van der Waals surface area contributed by atoms with E-state index in [1.54, 1.807) is 29.6 Å². The molecule has 0 saturated carbocycles. The van der Waals surface area contributed by atoms with Crippen LogP contribution in [0.15, 0.2) is 46.1 Å². The van der Waals surface area contributed by atoms with Crippen LogP contribution in [0.4, 0.5) is 0 Å². The van der Waals surface area contributed by atoms with Crippen LogP contribution in [-0.4, -0.2) is 9.36 Å². The fourth-order valence-corrected chi connectivity index (χ4v) is 2.41. The number of hydrogen-bond acceptors (Lipinski definition) is 2. The minimum Gasteiger partial charge on any atom is -0.289 e. The van der Waals surface area contributed by atoms with E-state index in [4.69, 9.17) is 0 Å². The number of hydrogen-bond donors (Lipinski definition) is 0. The van der Waals surface area contributed by atoms with Crippen LogP contribution >= 0.6 is 11.8 Å².